The minimum Gasteiger partial charge on any atom is -0.496 e. The largest absolute Gasteiger partial charge is 0.496 e. The molecule has 0 saturated carbocycles. The number of nitrogens with one attached hydrogen (secondary N) is 1. The van der Waals surface area contributed by atoms with Crippen molar-refractivity contribution in [3.05, 3.63) is 28.8 Å². The van der Waals surface area contributed by atoms with Crippen LogP contribution in [0.15, 0.2) is 12.1 Å². The van der Waals surface area contributed by atoms with E-state index < -0.39 is 0 Å². The van der Waals surface area contributed by atoms with Crippen molar-refractivity contribution in [2.75, 3.05) is 14.2 Å². The van der Waals surface area contributed by atoms with Crippen LogP contribution >= 0.6 is 0 Å². The van der Waals surface area contributed by atoms with Gasteiger partial charge in [0.1, 0.15) is 11.8 Å². The lowest BCUT2D eigenvalue weighted by molar-refractivity contribution is 0.405. The first-order valence-corrected chi connectivity index (χ1v) is 4.86. The molecule has 0 aliphatic carbocycles. The standard InChI is InChI=1S/C12H16N2O/c1-8-5-9(2)12(10(7-13)14-3)11(6-8)15-4/h5-6,10,14H,1-4H3. The molecule has 3 nitrogen and oxygen atoms in total. The number of hydrogen-bond donors (Lipinski definition) is 1. The maximum Gasteiger partial charge on any atom is 0.125 e. The van der Waals surface area contributed by atoms with E-state index >= 15 is 0 Å². The zero-order valence-electron chi connectivity index (χ0n) is 9.59. The van der Waals surface area contributed by atoms with Crippen LogP contribution in [-0.2, 0) is 0 Å². The molecular formula is C12H16N2O. The monoisotopic (exact) mass is 204 g/mol. The fraction of sp³-hybridized carbons (Fsp3) is 0.417. The Bertz CT molecular complexity index is 393. The summed E-state index contributed by atoms with van der Waals surface area (Å²) in [4.78, 5) is 0. The van der Waals surface area contributed by atoms with Gasteiger partial charge in [0, 0.05) is 5.56 Å². The molecule has 0 aromatic heterocycles. The Morgan fingerprint density at radius 1 is 1.40 bits per heavy atom. The molecule has 0 aliphatic heterocycles. The third kappa shape index (κ3) is 2.28. The Morgan fingerprint density at radius 2 is 2.07 bits per heavy atom. The quantitative estimate of drug-likeness (QED) is 0.820. The van der Waals surface area contributed by atoms with Gasteiger partial charge in [0.2, 0.25) is 0 Å². The highest BCUT2D eigenvalue weighted by Gasteiger charge is 2.16. The molecule has 0 radical (unpaired) electrons. The van der Waals surface area contributed by atoms with Crippen LogP contribution in [0.4, 0.5) is 0 Å². The van der Waals surface area contributed by atoms with Gasteiger partial charge in [-0.05, 0) is 38.1 Å². The lowest BCUT2D eigenvalue weighted by atomic mass is 9.98. The van der Waals surface area contributed by atoms with Gasteiger partial charge >= 0.3 is 0 Å². The van der Waals surface area contributed by atoms with Crippen molar-refractivity contribution in [1.82, 2.24) is 5.32 Å². The molecule has 1 aromatic rings. The summed E-state index contributed by atoms with van der Waals surface area (Å²) in [6.45, 7) is 4.01. The number of rotatable bonds is 3. The van der Waals surface area contributed by atoms with Gasteiger partial charge in [-0.3, -0.25) is 0 Å². The van der Waals surface area contributed by atoms with Crippen molar-refractivity contribution in [2.24, 2.45) is 0 Å². The third-order valence-corrected chi connectivity index (χ3v) is 2.42. The van der Waals surface area contributed by atoms with Gasteiger partial charge in [-0.2, -0.15) is 5.26 Å². The number of ether oxygens (including phenoxy) is 1. The van der Waals surface area contributed by atoms with Crippen LogP contribution in [0.25, 0.3) is 0 Å². The van der Waals surface area contributed by atoms with Crippen LogP contribution in [0.1, 0.15) is 22.7 Å². The maximum atomic E-state index is 9.03. The van der Waals surface area contributed by atoms with E-state index in [2.05, 4.69) is 17.5 Å². The van der Waals surface area contributed by atoms with E-state index in [4.69, 9.17) is 10.00 Å². The van der Waals surface area contributed by atoms with Crippen molar-refractivity contribution >= 4 is 0 Å². The second-order valence-corrected chi connectivity index (χ2v) is 3.55. The summed E-state index contributed by atoms with van der Waals surface area (Å²) >= 11 is 0. The van der Waals surface area contributed by atoms with Crippen LogP contribution in [0, 0.1) is 25.2 Å². The van der Waals surface area contributed by atoms with Gasteiger partial charge in [-0.25, -0.2) is 0 Å². The average Bonchev–Trinajstić information content (AvgIpc) is 2.21. The number of benzene rings is 1. The first-order chi connectivity index (χ1) is 7.13. The molecular weight excluding hydrogens is 188 g/mol. The molecule has 1 rings (SSSR count). The highest BCUT2D eigenvalue weighted by atomic mass is 16.5. The molecule has 80 valence electrons. The lowest BCUT2D eigenvalue weighted by Gasteiger charge is -2.16. The molecule has 0 fully saturated rings. The van der Waals surface area contributed by atoms with E-state index in [0.29, 0.717) is 0 Å². The SMILES string of the molecule is CNC(C#N)c1c(C)cc(C)cc1OC. The number of methoxy groups -OCH3 is 1. The zero-order valence-corrected chi connectivity index (χ0v) is 9.59. The third-order valence-electron chi connectivity index (χ3n) is 2.42. The lowest BCUT2D eigenvalue weighted by Crippen LogP contribution is -2.16. The molecule has 1 atom stereocenters. The van der Waals surface area contributed by atoms with Crippen LogP contribution in [-0.4, -0.2) is 14.2 Å². The van der Waals surface area contributed by atoms with Crippen molar-refractivity contribution < 1.29 is 4.74 Å². The summed E-state index contributed by atoms with van der Waals surface area (Å²) in [5.41, 5.74) is 3.14. The summed E-state index contributed by atoms with van der Waals surface area (Å²) in [5.74, 6) is 0.772. The van der Waals surface area contributed by atoms with Crippen LogP contribution in [0.2, 0.25) is 0 Å². The van der Waals surface area contributed by atoms with Gasteiger partial charge in [0.25, 0.3) is 0 Å². The second kappa shape index (κ2) is 4.81. The first kappa shape index (κ1) is 11.5. The van der Waals surface area contributed by atoms with E-state index in [9.17, 15) is 0 Å². The molecule has 0 heterocycles. The first-order valence-electron chi connectivity index (χ1n) is 4.86. The van der Waals surface area contributed by atoms with Crippen molar-refractivity contribution in [1.29, 1.82) is 5.26 Å². The Balaban J connectivity index is 3.33. The summed E-state index contributed by atoms with van der Waals surface area (Å²) in [6, 6.07) is 5.90. The predicted molar refractivity (Wildman–Crippen MR) is 59.9 cm³/mol. The van der Waals surface area contributed by atoms with Crippen LogP contribution in [0.5, 0.6) is 5.75 Å². The predicted octanol–water partition coefficient (Wildman–Crippen LogP) is 2.10. The fourth-order valence-electron chi connectivity index (χ4n) is 1.75. The van der Waals surface area contributed by atoms with Gasteiger partial charge in [0.15, 0.2) is 0 Å². The molecule has 3 heteroatoms. The molecule has 1 N–H and O–H groups in total. The Labute approximate surface area is 90.7 Å². The van der Waals surface area contributed by atoms with Crippen LogP contribution in [0.3, 0.4) is 0 Å². The minimum absolute atomic E-state index is 0.319. The van der Waals surface area contributed by atoms with Gasteiger partial charge in [-0.1, -0.05) is 6.07 Å². The molecule has 0 aliphatic rings. The number of hydrogen-bond acceptors (Lipinski definition) is 3. The Morgan fingerprint density at radius 3 is 2.53 bits per heavy atom. The summed E-state index contributed by atoms with van der Waals surface area (Å²) in [7, 11) is 3.40. The fourth-order valence-corrected chi connectivity index (χ4v) is 1.75. The smallest absolute Gasteiger partial charge is 0.125 e. The molecule has 0 amide bonds. The number of nitriles is 1. The van der Waals surface area contributed by atoms with E-state index in [1.807, 2.05) is 19.9 Å². The maximum absolute atomic E-state index is 9.03. The molecule has 1 aromatic carbocycles. The van der Waals surface area contributed by atoms with E-state index in [0.717, 1.165) is 22.4 Å². The average molecular weight is 204 g/mol. The number of aryl methyl sites for hydroxylation is 2. The van der Waals surface area contributed by atoms with Crippen molar-refractivity contribution in [3.8, 4) is 11.8 Å². The van der Waals surface area contributed by atoms with Crippen molar-refractivity contribution in [3.63, 3.8) is 0 Å². The second-order valence-electron chi connectivity index (χ2n) is 3.55. The summed E-state index contributed by atoms with van der Waals surface area (Å²) < 4.78 is 5.30. The Hall–Kier alpha value is -1.53. The Kier molecular flexibility index (Phi) is 3.70. The highest BCUT2D eigenvalue weighted by molar-refractivity contribution is 5.46. The zero-order chi connectivity index (χ0) is 11.4. The van der Waals surface area contributed by atoms with Gasteiger partial charge in [-0.15, -0.1) is 0 Å². The van der Waals surface area contributed by atoms with Crippen LogP contribution < -0.4 is 10.1 Å². The molecule has 1 unspecified atom stereocenters. The topological polar surface area (TPSA) is 45.0 Å². The molecule has 0 saturated heterocycles. The van der Waals surface area contributed by atoms with E-state index in [1.165, 1.54) is 0 Å². The molecule has 0 bridgehead atoms. The van der Waals surface area contributed by atoms with Gasteiger partial charge < -0.3 is 10.1 Å². The normalized spacial score (nSPS) is 11.9. The summed E-state index contributed by atoms with van der Waals surface area (Å²) in [5, 5.41) is 12.0. The van der Waals surface area contributed by atoms with E-state index in [-0.39, 0.29) is 6.04 Å². The molecule has 0 spiro atoms. The highest BCUT2D eigenvalue weighted by Crippen LogP contribution is 2.29. The minimum atomic E-state index is -0.319. The van der Waals surface area contributed by atoms with Crippen molar-refractivity contribution in [2.45, 2.75) is 19.9 Å². The molecule has 15 heavy (non-hydrogen) atoms. The van der Waals surface area contributed by atoms with Gasteiger partial charge in [0.05, 0.1) is 13.2 Å². The van der Waals surface area contributed by atoms with E-state index in [1.54, 1.807) is 14.2 Å². The number of nitrogens with zero attached hydrogens (tertiary/aromatic N) is 1. The summed E-state index contributed by atoms with van der Waals surface area (Å²) in [6.07, 6.45) is 0.